The Balaban J connectivity index is 2.19. The van der Waals surface area contributed by atoms with Gasteiger partial charge in [0, 0.05) is 6.07 Å². The molecule has 4 heteroatoms. The van der Waals surface area contributed by atoms with Crippen molar-refractivity contribution in [1.29, 1.82) is 5.26 Å². The molecule has 0 spiro atoms. The molecule has 0 unspecified atom stereocenters. The van der Waals surface area contributed by atoms with Gasteiger partial charge in [0.2, 0.25) is 5.69 Å². The van der Waals surface area contributed by atoms with Crippen molar-refractivity contribution in [2.24, 2.45) is 0 Å². The first kappa shape index (κ1) is 11.2. The van der Waals surface area contributed by atoms with Crippen molar-refractivity contribution in [1.82, 2.24) is 0 Å². The second-order valence-corrected chi connectivity index (χ2v) is 4.18. The number of nitriles is 1. The third kappa shape index (κ3) is 1.60. The Morgan fingerprint density at radius 1 is 1.11 bits per heavy atom. The van der Waals surface area contributed by atoms with E-state index in [1.54, 1.807) is 24.3 Å². The van der Waals surface area contributed by atoms with Gasteiger partial charge in [-0.05, 0) is 24.3 Å². The molecule has 1 aliphatic rings. The van der Waals surface area contributed by atoms with E-state index in [2.05, 4.69) is 0 Å². The van der Waals surface area contributed by atoms with Crippen LogP contribution in [0.25, 0.3) is 0 Å². The highest BCUT2D eigenvalue weighted by molar-refractivity contribution is 6.52. The van der Waals surface area contributed by atoms with E-state index in [9.17, 15) is 10.0 Å². The number of fused-ring (bicyclic) bond motifs is 1. The van der Waals surface area contributed by atoms with Crippen LogP contribution in [0.1, 0.15) is 21.5 Å². The maximum absolute atomic E-state index is 12.3. The van der Waals surface area contributed by atoms with Crippen LogP contribution in [0, 0.1) is 16.5 Å². The number of nitrogens with zero attached hydrogens (tertiary/aromatic N) is 2. The lowest BCUT2D eigenvalue weighted by Gasteiger charge is -2.01. The molecule has 0 radical (unpaired) electrons. The van der Waals surface area contributed by atoms with Crippen LogP contribution in [-0.2, 0) is 0 Å². The molecule has 0 fully saturated rings. The van der Waals surface area contributed by atoms with Crippen LogP contribution < -0.4 is 0 Å². The summed E-state index contributed by atoms with van der Waals surface area (Å²) in [5.74, 6) is -0.340. The summed E-state index contributed by atoms with van der Waals surface area (Å²) >= 11 is 0. The Kier molecular flexibility index (Phi) is 2.39. The molecule has 0 aromatic heterocycles. The molecule has 4 nitrogen and oxygen atoms in total. The predicted octanol–water partition coefficient (Wildman–Crippen LogP) is 2.39. The molecule has 2 aromatic rings. The number of hydrogen-bond acceptors (Lipinski definition) is 3. The first-order valence-corrected chi connectivity index (χ1v) is 5.71. The third-order valence-electron chi connectivity index (χ3n) is 3.05. The predicted molar refractivity (Wildman–Crippen MR) is 69.3 cm³/mol. The summed E-state index contributed by atoms with van der Waals surface area (Å²) in [6.45, 7) is 0. The standard InChI is InChI=1S/C15H8N2O2/c16-9-10-6-7-13-12(8-10)15(18)14(17(13)19)11-4-2-1-3-5-11/h1-8H. The van der Waals surface area contributed by atoms with Crippen LogP contribution >= 0.6 is 0 Å². The Bertz CT molecular complexity index is 755. The summed E-state index contributed by atoms with van der Waals surface area (Å²) in [4.78, 5) is 12.3. The zero-order valence-corrected chi connectivity index (χ0v) is 9.83. The smallest absolute Gasteiger partial charge is 0.272 e. The molecule has 0 atom stereocenters. The third-order valence-corrected chi connectivity index (χ3v) is 3.05. The molecule has 19 heavy (non-hydrogen) atoms. The average molecular weight is 248 g/mol. The minimum atomic E-state index is -0.340. The van der Waals surface area contributed by atoms with Crippen LogP contribution in [0.15, 0.2) is 48.5 Å². The lowest BCUT2D eigenvalue weighted by atomic mass is 10.0. The van der Waals surface area contributed by atoms with Crippen molar-refractivity contribution in [3.63, 3.8) is 0 Å². The van der Waals surface area contributed by atoms with E-state index in [0.717, 1.165) is 0 Å². The molecule has 0 saturated heterocycles. The molecule has 0 amide bonds. The van der Waals surface area contributed by atoms with E-state index in [1.807, 2.05) is 12.1 Å². The number of Topliss-reactive ketones (excluding diaryl/α,β-unsaturated/α-hetero) is 1. The minimum Gasteiger partial charge on any atom is -0.618 e. The van der Waals surface area contributed by atoms with Crippen molar-refractivity contribution < 1.29 is 9.53 Å². The van der Waals surface area contributed by atoms with Gasteiger partial charge in [-0.15, -0.1) is 0 Å². The number of benzene rings is 2. The van der Waals surface area contributed by atoms with Gasteiger partial charge in [-0.1, -0.05) is 18.2 Å². The van der Waals surface area contributed by atoms with Gasteiger partial charge in [0.05, 0.1) is 17.2 Å². The fraction of sp³-hybridized carbons (Fsp3) is 0. The summed E-state index contributed by atoms with van der Waals surface area (Å²) in [7, 11) is 0. The Morgan fingerprint density at radius 3 is 2.53 bits per heavy atom. The van der Waals surface area contributed by atoms with Gasteiger partial charge in [-0.3, -0.25) is 4.79 Å². The molecule has 90 valence electrons. The van der Waals surface area contributed by atoms with Gasteiger partial charge in [-0.25, -0.2) is 0 Å². The summed E-state index contributed by atoms with van der Waals surface area (Å²) in [6.07, 6.45) is 0. The largest absolute Gasteiger partial charge is 0.618 e. The molecule has 2 aromatic carbocycles. The van der Waals surface area contributed by atoms with Gasteiger partial charge in [0.15, 0.2) is 0 Å². The lowest BCUT2D eigenvalue weighted by Crippen LogP contribution is -2.16. The second-order valence-electron chi connectivity index (χ2n) is 4.18. The summed E-state index contributed by atoms with van der Waals surface area (Å²) in [5.41, 5.74) is 1.63. The maximum atomic E-state index is 12.3. The Hall–Kier alpha value is -2.93. The fourth-order valence-electron chi connectivity index (χ4n) is 2.15. The highest BCUT2D eigenvalue weighted by Gasteiger charge is 2.36. The molecule has 1 aliphatic heterocycles. The Morgan fingerprint density at radius 2 is 1.84 bits per heavy atom. The van der Waals surface area contributed by atoms with Crippen LogP contribution in [0.2, 0.25) is 0 Å². The molecule has 0 saturated carbocycles. The van der Waals surface area contributed by atoms with Crippen molar-refractivity contribution in [3.8, 4) is 6.07 Å². The molecular formula is C15H8N2O2. The van der Waals surface area contributed by atoms with E-state index in [-0.39, 0.29) is 17.1 Å². The number of hydrogen-bond donors (Lipinski definition) is 0. The van der Waals surface area contributed by atoms with Gasteiger partial charge >= 0.3 is 0 Å². The van der Waals surface area contributed by atoms with E-state index < -0.39 is 0 Å². The zero-order valence-electron chi connectivity index (χ0n) is 9.83. The topological polar surface area (TPSA) is 66.9 Å². The number of carbonyl (C=O) groups excluding carboxylic acids is 1. The average Bonchev–Trinajstić information content (AvgIpc) is 2.71. The molecule has 1 heterocycles. The monoisotopic (exact) mass is 248 g/mol. The second kappa shape index (κ2) is 4.07. The van der Waals surface area contributed by atoms with Crippen LogP contribution in [0.4, 0.5) is 5.69 Å². The van der Waals surface area contributed by atoms with Crippen LogP contribution in [-0.4, -0.2) is 16.2 Å². The summed E-state index contributed by atoms with van der Waals surface area (Å²) < 4.78 is 0.633. The van der Waals surface area contributed by atoms with Gasteiger partial charge < -0.3 is 5.21 Å². The van der Waals surface area contributed by atoms with E-state index >= 15 is 0 Å². The van der Waals surface area contributed by atoms with E-state index in [0.29, 0.717) is 21.6 Å². The molecule has 0 N–H and O–H groups in total. The highest BCUT2D eigenvalue weighted by Crippen LogP contribution is 2.28. The fourth-order valence-corrected chi connectivity index (χ4v) is 2.15. The SMILES string of the molecule is N#Cc1ccc2c(c1)C(=O)C(c1ccccc1)=[N+]2[O-]. The summed E-state index contributed by atoms with van der Waals surface area (Å²) in [6, 6.07) is 15.3. The van der Waals surface area contributed by atoms with Crippen molar-refractivity contribution >= 4 is 17.2 Å². The van der Waals surface area contributed by atoms with E-state index in [4.69, 9.17) is 5.26 Å². The normalized spacial score (nSPS) is 13.3. The summed E-state index contributed by atoms with van der Waals surface area (Å²) in [5, 5.41) is 21.0. The molecule has 0 bridgehead atoms. The number of rotatable bonds is 1. The van der Waals surface area contributed by atoms with E-state index in [1.165, 1.54) is 18.2 Å². The van der Waals surface area contributed by atoms with Crippen molar-refractivity contribution in [2.75, 3.05) is 0 Å². The quantitative estimate of drug-likeness (QED) is 0.574. The van der Waals surface area contributed by atoms with Crippen LogP contribution in [0.3, 0.4) is 0 Å². The van der Waals surface area contributed by atoms with Gasteiger partial charge in [0.25, 0.3) is 11.5 Å². The minimum absolute atomic E-state index is 0.102. The molecule has 3 rings (SSSR count). The van der Waals surface area contributed by atoms with Gasteiger partial charge in [0.1, 0.15) is 5.56 Å². The van der Waals surface area contributed by atoms with Gasteiger partial charge in [-0.2, -0.15) is 10.0 Å². The van der Waals surface area contributed by atoms with Crippen molar-refractivity contribution in [3.05, 3.63) is 70.4 Å². The number of ketones is 1. The lowest BCUT2D eigenvalue weighted by molar-refractivity contribution is -0.355. The van der Waals surface area contributed by atoms with Crippen molar-refractivity contribution in [2.45, 2.75) is 0 Å². The first-order valence-electron chi connectivity index (χ1n) is 5.71. The molecular weight excluding hydrogens is 240 g/mol. The highest BCUT2D eigenvalue weighted by atomic mass is 16.5. The number of carbonyl (C=O) groups is 1. The van der Waals surface area contributed by atoms with Crippen LogP contribution in [0.5, 0.6) is 0 Å². The zero-order chi connectivity index (χ0) is 13.4. The molecule has 0 aliphatic carbocycles. The first-order chi connectivity index (χ1) is 9.22. The maximum Gasteiger partial charge on any atom is 0.272 e. The Labute approximate surface area is 109 Å².